The topological polar surface area (TPSA) is 95.0 Å². The SMILES string of the molecule is O=C(NO)C1C[C@H](Oc2cccnc2)CCC1C(=O)N1CCN(c2ccccc2)CC1. The number of hydrogen-bond donors (Lipinski definition) is 2. The second kappa shape index (κ2) is 9.78. The Morgan fingerprint density at radius 1 is 1.00 bits per heavy atom. The number of aromatic nitrogens is 1. The summed E-state index contributed by atoms with van der Waals surface area (Å²) in [7, 11) is 0. The summed E-state index contributed by atoms with van der Waals surface area (Å²) < 4.78 is 5.96. The minimum absolute atomic E-state index is 0.0128. The third kappa shape index (κ3) is 4.96. The van der Waals surface area contributed by atoms with Crippen LogP contribution in [0.4, 0.5) is 5.69 Å². The molecule has 164 valence electrons. The van der Waals surface area contributed by atoms with E-state index in [0.717, 1.165) is 18.8 Å². The predicted octanol–water partition coefficient (Wildman–Crippen LogP) is 2.10. The Kier molecular flexibility index (Phi) is 6.66. The first-order valence-corrected chi connectivity index (χ1v) is 10.7. The maximum absolute atomic E-state index is 13.3. The summed E-state index contributed by atoms with van der Waals surface area (Å²) in [6.07, 6.45) is 4.69. The Labute approximate surface area is 181 Å². The van der Waals surface area contributed by atoms with Crippen LogP contribution in [0.2, 0.25) is 0 Å². The third-order valence-electron chi connectivity index (χ3n) is 6.22. The van der Waals surface area contributed by atoms with Crippen LogP contribution in [0, 0.1) is 11.8 Å². The Bertz CT molecular complexity index is 872. The molecule has 0 bridgehead atoms. The lowest BCUT2D eigenvalue weighted by Crippen LogP contribution is -2.53. The molecule has 2 amide bonds. The van der Waals surface area contributed by atoms with Gasteiger partial charge in [-0.25, -0.2) is 5.48 Å². The summed E-state index contributed by atoms with van der Waals surface area (Å²) in [5, 5.41) is 9.25. The molecule has 2 N–H and O–H groups in total. The highest BCUT2D eigenvalue weighted by molar-refractivity contribution is 5.87. The standard InChI is InChI=1S/C23H28N4O4/c28-22(25-30)21-15-18(31-19-7-4-10-24-16-19)8-9-20(21)23(29)27-13-11-26(12-14-27)17-5-2-1-3-6-17/h1-7,10,16,18,20-21,30H,8-9,11-15H2,(H,25,28)/t18-,20?,21?/m1/s1. The quantitative estimate of drug-likeness (QED) is 0.564. The minimum Gasteiger partial charge on any atom is -0.489 e. The van der Waals surface area contributed by atoms with Crippen LogP contribution >= 0.6 is 0 Å². The molecule has 1 aliphatic heterocycles. The number of benzene rings is 1. The van der Waals surface area contributed by atoms with Crippen molar-refractivity contribution >= 4 is 17.5 Å². The average molecular weight is 425 g/mol. The van der Waals surface area contributed by atoms with Crippen molar-refractivity contribution in [2.24, 2.45) is 11.8 Å². The van der Waals surface area contributed by atoms with Crippen molar-refractivity contribution < 1.29 is 19.5 Å². The molecule has 1 aromatic heterocycles. The fourth-order valence-corrected chi connectivity index (χ4v) is 4.57. The van der Waals surface area contributed by atoms with E-state index in [2.05, 4.69) is 22.0 Å². The van der Waals surface area contributed by atoms with Crippen molar-refractivity contribution in [1.29, 1.82) is 0 Å². The second-order valence-corrected chi connectivity index (χ2v) is 8.08. The monoisotopic (exact) mass is 424 g/mol. The van der Waals surface area contributed by atoms with E-state index >= 15 is 0 Å². The Hall–Kier alpha value is -3.13. The van der Waals surface area contributed by atoms with Gasteiger partial charge < -0.3 is 14.5 Å². The molecule has 1 saturated heterocycles. The minimum atomic E-state index is -0.625. The summed E-state index contributed by atoms with van der Waals surface area (Å²) in [5.74, 6) is -0.983. The van der Waals surface area contributed by atoms with Crippen molar-refractivity contribution in [1.82, 2.24) is 15.4 Å². The molecule has 2 heterocycles. The number of hydroxylamine groups is 1. The molecule has 8 nitrogen and oxygen atoms in total. The van der Waals surface area contributed by atoms with Gasteiger partial charge in [0, 0.05) is 38.1 Å². The zero-order chi connectivity index (χ0) is 21.6. The molecule has 3 atom stereocenters. The molecule has 0 spiro atoms. The van der Waals surface area contributed by atoms with Gasteiger partial charge in [-0.2, -0.15) is 0 Å². The first kappa shape index (κ1) is 21.1. The van der Waals surface area contributed by atoms with Crippen molar-refractivity contribution in [2.45, 2.75) is 25.4 Å². The number of para-hydroxylation sites is 1. The number of nitrogens with one attached hydrogen (secondary N) is 1. The van der Waals surface area contributed by atoms with E-state index in [9.17, 15) is 14.8 Å². The van der Waals surface area contributed by atoms with E-state index in [1.807, 2.05) is 29.2 Å². The van der Waals surface area contributed by atoms with E-state index in [4.69, 9.17) is 4.74 Å². The zero-order valence-corrected chi connectivity index (χ0v) is 17.4. The van der Waals surface area contributed by atoms with E-state index in [0.29, 0.717) is 38.1 Å². The van der Waals surface area contributed by atoms with Gasteiger partial charge in [-0.3, -0.25) is 19.8 Å². The predicted molar refractivity (Wildman–Crippen MR) is 115 cm³/mol. The number of ether oxygens (including phenoxy) is 1. The number of piperazine rings is 1. The number of carbonyl (C=O) groups is 2. The third-order valence-corrected chi connectivity index (χ3v) is 6.22. The van der Waals surface area contributed by atoms with Gasteiger partial charge in [0.15, 0.2) is 0 Å². The average Bonchev–Trinajstić information content (AvgIpc) is 2.84. The van der Waals surface area contributed by atoms with Gasteiger partial charge in [0.1, 0.15) is 5.75 Å². The molecule has 2 unspecified atom stereocenters. The maximum atomic E-state index is 13.3. The van der Waals surface area contributed by atoms with Crippen LogP contribution in [-0.2, 0) is 9.59 Å². The van der Waals surface area contributed by atoms with Gasteiger partial charge in [0.2, 0.25) is 11.8 Å². The zero-order valence-electron chi connectivity index (χ0n) is 17.4. The van der Waals surface area contributed by atoms with Crippen LogP contribution in [0.3, 0.4) is 0 Å². The summed E-state index contributed by atoms with van der Waals surface area (Å²) in [4.78, 5) is 33.8. The summed E-state index contributed by atoms with van der Waals surface area (Å²) in [5.41, 5.74) is 2.90. The number of amides is 2. The molecular weight excluding hydrogens is 396 g/mol. The molecule has 31 heavy (non-hydrogen) atoms. The summed E-state index contributed by atoms with van der Waals surface area (Å²) in [6.45, 7) is 2.75. The summed E-state index contributed by atoms with van der Waals surface area (Å²) >= 11 is 0. The van der Waals surface area contributed by atoms with Gasteiger partial charge in [-0.1, -0.05) is 18.2 Å². The Balaban J connectivity index is 1.38. The number of rotatable bonds is 5. The van der Waals surface area contributed by atoms with E-state index in [1.54, 1.807) is 23.9 Å². The van der Waals surface area contributed by atoms with Crippen molar-refractivity contribution in [3.8, 4) is 5.75 Å². The molecule has 8 heteroatoms. The molecule has 0 radical (unpaired) electrons. The lowest BCUT2D eigenvalue weighted by molar-refractivity contribution is -0.148. The first-order valence-electron chi connectivity index (χ1n) is 10.7. The molecule has 1 saturated carbocycles. The lowest BCUT2D eigenvalue weighted by atomic mass is 9.76. The van der Waals surface area contributed by atoms with Gasteiger partial charge in [0.05, 0.1) is 24.1 Å². The van der Waals surface area contributed by atoms with E-state index in [-0.39, 0.29) is 12.0 Å². The van der Waals surface area contributed by atoms with Gasteiger partial charge in [-0.05, 0) is 43.5 Å². The maximum Gasteiger partial charge on any atom is 0.247 e. The lowest BCUT2D eigenvalue weighted by Gasteiger charge is -2.40. The molecule has 1 aromatic carbocycles. The molecule has 2 aliphatic rings. The van der Waals surface area contributed by atoms with Crippen LogP contribution < -0.4 is 15.1 Å². The highest BCUT2D eigenvalue weighted by atomic mass is 16.5. The van der Waals surface area contributed by atoms with Crippen LogP contribution in [0.1, 0.15) is 19.3 Å². The normalized spacial score (nSPS) is 23.8. The highest BCUT2D eigenvalue weighted by Gasteiger charge is 2.42. The summed E-state index contributed by atoms with van der Waals surface area (Å²) in [6, 6.07) is 13.8. The fraction of sp³-hybridized carbons (Fsp3) is 0.435. The Morgan fingerprint density at radius 2 is 1.77 bits per heavy atom. The van der Waals surface area contributed by atoms with Crippen molar-refractivity contribution in [2.75, 3.05) is 31.1 Å². The second-order valence-electron chi connectivity index (χ2n) is 8.08. The largest absolute Gasteiger partial charge is 0.489 e. The number of anilines is 1. The van der Waals surface area contributed by atoms with Crippen LogP contribution in [0.25, 0.3) is 0 Å². The van der Waals surface area contributed by atoms with Gasteiger partial charge in [-0.15, -0.1) is 0 Å². The van der Waals surface area contributed by atoms with Crippen molar-refractivity contribution in [3.63, 3.8) is 0 Å². The Morgan fingerprint density at radius 3 is 2.45 bits per heavy atom. The van der Waals surface area contributed by atoms with Crippen molar-refractivity contribution in [3.05, 3.63) is 54.9 Å². The number of nitrogens with zero attached hydrogens (tertiary/aromatic N) is 3. The van der Waals surface area contributed by atoms with Crippen LogP contribution in [-0.4, -0.2) is 59.2 Å². The first-order chi connectivity index (χ1) is 15.2. The number of pyridine rings is 1. The highest BCUT2D eigenvalue weighted by Crippen LogP contribution is 2.34. The van der Waals surface area contributed by atoms with Crippen LogP contribution in [0.5, 0.6) is 5.75 Å². The molecule has 4 rings (SSSR count). The number of hydrogen-bond acceptors (Lipinski definition) is 6. The fourth-order valence-electron chi connectivity index (χ4n) is 4.57. The van der Waals surface area contributed by atoms with Crippen LogP contribution in [0.15, 0.2) is 54.9 Å². The smallest absolute Gasteiger partial charge is 0.247 e. The van der Waals surface area contributed by atoms with Gasteiger partial charge in [0.25, 0.3) is 0 Å². The van der Waals surface area contributed by atoms with Gasteiger partial charge >= 0.3 is 0 Å². The van der Waals surface area contributed by atoms with E-state index < -0.39 is 17.7 Å². The molecule has 2 aromatic rings. The molecule has 2 fully saturated rings. The number of carbonyl (C=O) groups excluding carboxylic acids is 2. The molecule has 1 aliphatic carbocycles. The van der Waals surface area contributed by atoms with E-state index in [1.165, 1.54) is 0 Å². The molecular formula is C23H28N4O4.